The number of nitrogens with two attached hydrogens (primary N) is 1. The smallest absolute Gasteiger partial charge is 0.316 e. The van der Waals surface area contributed by atoms with Crippen molar-refractivity contribution in [1.29, 1.82) is 0 Å². The second-order valence-corrected chi connectivity index (χ2v) is 5.60. The summed E-state index contributed by atoms with van der Waals surface area (Å²) < 4.78 is 11.9. The number of ether oxygens (including phenoxy) is 2. The summed E-state index contributed by atoms with van der Waals surface area (Å²) in [6.07, 6.45) is 4.60. The predicted octanol–water partition coefficient (Wildman–Crippen LogP) is 2.74. The highest BCUT2D eigenvalue weighted by molar-refractivity contribution is 9.10. The molecule has 2 N–H and O–H groups in total. The minimum atomic E-state index is 0.274. The molecule has 8 heteroatoms. The number of benzene rings is 1. The number of halogens is 1. The first kappa shape index (κ1) is 16.1. The molecule has 2 heterocycles. The molecule has 0 spiro atoms. The van der Waals surface area contributed by atoms with E-state index >= 15 is 0 Å². The Labute approximate surface area is 147 Å². The lowest BCUT2D eigenvalue weighted by atomic mass is 10.1. The van der Waals surface area contributed by atoms with E-state index in [1.807, 2.05) is 30.3 Å². The molecule has 0 saturated carbocycles. The van der Waals surface area contributed by atoms with E-state index in [-0.39, 0.29) is 19.2 Å². The Hall–Kier alpha value is -2.74. The third kappa shape index (κ3) is 3.96. The van der Waals surface area contributed by atoms with Gasteiger partial charge in [-0.15, -0.1) is 0 Å². The largest absolute Gasteiger partial charge is 0.473 e. The Morgan fingerprint density at radius 2 is 1.62 bits per heavy atom. The van der Waals surface area contributed by atoms with Crippen molar-refractivity contribution in [2.45, 2.75) is 0 Å². The fourth-order valence-electron chi connectivity index (χ4n) is 2.01. The third-order valence-electron chi connectivity index (χ3n) is 3.05. The lowest BCUT2D eigenvalue weighted by molar-refractivity contribution is 0.202. The average molecular weight is 388 g/mol. The van der Waals surface area contributed by atoms with Crippen LogP contribution in [0.5, 0.6) is 11.9 Å². The zero-order chi connectivity index (χ0) is 16.8. The van der Waals surface area contributed by atoms with Gasteiger partial charge < -0.3 is 15.2 Å². The van der Waals surface area contributed by atoms with Crippen molar-refractivity contribution in [3.05, 3.63) is 53.5 Å². The Kier molecular flexibility index (Phi) is 5.17. The molecule has 24 heavy (non-hydrogen) atoms. The number of nitrogen functional groups attached to an aromatic ring is 1. The molecule has 122 valence electrons. The highest BCUT2D eigenvalue weighted by atomic mass is 79.9. The van der Waals surface area contributed by atoms with Gasteiger partial charge in [0, 0.05) is 12.4 Å². The third-order valence-corrected chi connectivity index (χ3v) is 3.46. The van der Waals surface area contributed by atoms with E-state index in [1.54, 1.807) is 12.4 Å². The molecule has 0 unspecified atom stereocenters. The maximum absolute atomic E-state index is 5.98. The van der Waals surface area contributed by atoms with Gasteiger partial charge in [-0.05, 0) is 21.5 Å². The van der Waals surface area contributed by atoms with Crippen LogP contribution in [0.25, 0.3) is 11.1 Å². The summed E-state index contributed by atoms with van der Waals surface area (Å²) in [5, 5.41) is 0. The van der Waals surface area contributed by atoms with E-state index in [2.05, 4.69) is 35.9 Å². The molecule has 0 atom stereocenters. The van der Waals surface area contributed by atoms with Crippen LogP contribution in [0.15, 0.2) is 53.5 Å². The van der Waals surface area contributed by atoms with Crippen molar-refractivity contribution < 1.29 is 9.47 Å². The fourth-order valence-corrected chi connectivity index (χ4v) is 2.22. The summed E-state index contributed by atoms with van der Waals surface area (Å²) in [6.45, 7) is 0.551. The predicted molar refractivity (Wildman–Crippen MR) is 92.6 cm³/mol. The van der Waals surface area contributed by atoms with Gasteiger partial charge >= 0.3 is 6.01 Å². The van der Waals surface area contributed by atoms with Crippen molar-refractivity contribution in [1.82, 2.24) is 19.9 Å². The minimum absolute atomic E-state index is 0.274. The lowest BCUT2D eigenvalue weighted by Crippen LogP contribution is -2.12. The van der Waals surface area contributed by atoms with Gasteiger partial charge in [-0.2, -0.15) is 0 Å². The van der Waals surface area contributed by atoms with Crippen molar-refractivity contribution in [2.24, 2.45) is 0 Å². The average Bonchev–Trinajstić information content (AvgIpc) is 2.61. The van der Waals surface area contributed by atoms with E-state index in [9.17, 15) is 0 Å². The highest BCUT2D eigenvalue weighted by Crippen LogP contribution is 2.31. The Bertz CT molecular complexity index is 799. The Balaban J connectivity index is 1.65. The summed E-state index contributed by atoms with van der Waals surface area (Å²) in [5.74, 6) is 0.775. The van der Waals surface area contributed by atoms with Crippen LogP contribution >= 0.6 is 15.9 Å². The van der Waals surface area contributed by atoms with Gasteiger partial charge in [-0.25, -0.2) is 19.9 Å². The summed E-state index contributed by atoms with van der Waals surface area (Å²) >= 11 is 3.26. The molecule has 0 amide bonds. The zero-order valence-corrected chi connectivity index (χ0v) is 14.2. The van der Waals surface area contributed by atoms with Gasteiger partial charge in [0.05, 0.1) is 10.0 Å². The lowest BCUT2D eigenvalue weighted by Gasteiger charge is -2.12. The standard InChI is InChI=1S/C16H14BrN5O2/c17-12-8-19-16(20-9-12)24-7-6-23-15-13(14(18)21-10-22-15)11-4-2-1-3-5-11/h1-5,8-10H,6-7H2,(H2,18,21,22). The molecule has 0 aliphatic carbocycles. The normalized spacial score (nSPS) is 10.4. The monoisotopic (exact) mass is 387 g/mol. The molecule has 1 aromatic carbocycles. The molecule has 0 bridgehead atoms. The summed E-state index contributed by atoms with van der Waals surface area (Å²) in [6, 6.07) is 9.89. The van der Waals surface area contributed by atoms with Crippen molar-refractivity contribution >= 4 is 21.7 Å². The summed E-state index contributed by atoms with van der Waals surface area (Å²) in [7, 11) is 0. The first-order valence-corrected chi connectivity index (χ1v) is 7.92. The van der Waals surface area contributed by atoms with Gasteiger partial charge in [0.2, 0.25) is 5.88 Å². The maximum atomic E-state index is 5.98. The quantitative estimate of drug-likeness (QED) is 0.649. The molecule has 0 aliphatic heterocycles. The number of hydrogen-bond acceptors (Lipinski definition) is 7. The number of rotatable bonds is 6. The summed E-state index contributed by atoms with van der Waals surface area (Å²) in [4.78, 5) is 16.2. The second kappa shape index (κ2) is 7.69. The molecule has 0 aliphatic rings. The van der Waals surface area contributed by atoms with Crippen molar-refractivity contribution in [3.63, 3.8) is 0 Å². The summed E-state index contributed by atoms with van der Waals surface area (Å²) in [5.41, 5.74) is 7.53. The topological polar surface area (TPSA) is 96.0 Å². The van der Waals surface area contributed by atoms with Crippen LogP contribution in [-0.2, 0) is 0 Å². The molecule has 3 rings (SSSR count). The van der Waals surface area contributed by atoms with Gasteiger partial charge in [0.1, 0.15) is 25.4 Å². The van der Waals surface area contributed by atoms with Gasteiger partial charge in [0.15, 0.2) is 0 Å². The van der Waals surface area contributed by atoms with Crippen LogP contribution in [0.4, 0.5) is 5.82 Å². The van der Waals surface area contributed by atoms with Crippen LogP contribution in [0.2, 0.25) is 0 Å². The molecule has 3 aromatic rings. The van der Waals surface area contributed by atoms with Gasteiger partial charge in [-0.1, -0.05) is 30.3 Å². The van der Waals surface area contributed by atoms with Crippen molar-refractivity contribution in [3.8, 4) is 23.0 Å². The number of nitrogens with zero attached hydrogens (tertiary/aromatic N) is 4. The molecular formula is C16H14BrN5O2. The Morgan fingerprint density at radius 1 is 0.917 bits per heavy atom. The molecule has 7 nitrogen and oxygen atoms in total. The van der Waals surface area contributed by atoms with E-state index in [4.69, 9.17) is 15.2 Å². The number of hydrogen-bond donors (Lipinski definition) is 1. The van der Waals surface area contributed by atoms with E-state index < -0.39 is 0 Å². The number of anilines is 1. The first-order valence-electron chi connectivity index (χ1n) is 7.13. The van der Waals surface area contributed by atoms with Crippen molar-refractivity contribution in [2.75, 3.05) is 18.9 Å². The van der Waals surface area contributed by atoms with Crippen LogP contribution in [0.3, 0.4) is 0 Å². The van der Waals surface area contributed by atoms with Crippen LogP contribution < -0.4 is 15.2 Å². The number of aromatic nitrogens is 4. The molecular weight excluding hydrogens is 374 g/mol. The highest BCUT2D eigenvalue weighted by Gasteiger charge is 2.12. The van der Waals surface area contributed by atoms with Gasteiger partial charge in [0.25, 0.3) is 0 Å². The van der Waals surface area contributed by atoms with Gasteiger partial charge in [-0.3, -0.25) is 0 Å². The second-order valence-electron chi connectivity index (χ2n) is 4.69. The first-order chi connectivity index (χ1) is 11.7. The van der Waals surface area contributed by atoms with E-state index in [0.717, 1.165) is 10.0 Å². The molecule has 0 fully saturated rings. The molecule has 0 saturated heterocycles. The maximum Gasteiger partial charge on any atom is 0.316 e. The zero-order valence-electron chi connectivity index (χ0n) is 12.6. The van der Waals surface area contributed by atoms with Crippen LogP contribution in [0.1, 0.15) is 0 Å². The molecule has 2 aromatic heterocycles. The molecule has 0 radical (unpaired) electrons. The fraction of sp³-hybridized carbons (Fsp3) is 0.125. The van der Waals surface area contributed by atoms with E-state index in [1.165, 1.54) is 6.33 Å². The Morgan fingerprint density at radius 3 is 2.38 bits per heavy atom. The van der Waals surface area contributed by atoms with Crippen LogP contribution in [0, 0.1) is 0 Å². The minimum Gasteiger partial charge on any atom is -0.473 e. The SMILES string of the molecule is Nc1ncnc(OCCOc2ncc(Br)cn2)c1-c1ccccc1. The van der Waals surface area contributed by atoms with Crippen LogP contribution in [-0.4, -0.2) is 33.1 Å². The van der Waals surface area contributed by atoms with E-state index in [0.29, 0.717) is 17.3 Å².